The van der Waals surface area contributed by atoms with Crippen molar-refractivity contribution in [1.82, 2.24) is 4.90 Å². The zero-order chi connectivity index (χ0) is 14.6. The van der Waals surface area contributed by atoms with Crippen molar-refractivity contribution in [3.05, 3.63) is 35.9 Å². The molecule has 0 atom stereocenters. The number of thioether (sulfide) groups is 1. The molecule has 0 aliphatic carbocycles. The molecule has 2 N–H and O–H groups in total. The largest absolute Gasteiger partial charge is 0.338 e. The second-order valence-electron chi connectivity index (χ2n) is 4.89. The summed E-state index contributed by atoms with van der Waals surface area (Å²) in [6.45, 7) is 2.08. The van der Waals surface area contributed by atoms with E-state index in [2.05, 4.69) is 18.4 Å². The highest BCUT2D eigenvalue weighted by molar-refractivity contribution is 7.98. The van der Waals surface area contributed by atoms with Gasteiger partial charge in [0.2, 0.25) is 5.91 Å². The van der Waals surface area contributed by atoms with Gasteiger partial charge in [-0.15, -0.1) is 12.4 Å². The normalized spacial score (nSPS) is 10.0. The molecule has 1 rings (SSSR count). The van der Waals surface area contributed by atoms with Crippen LogP contribution in [0.1, 0.15) is 31.2 Å². The van der Waals surface area contributed by atoms with Crippen LogP contribution in [0.15, 0.2) is 30.3 Å². The van der Waals surface area contributed by atoms with E-state index in [1.165, 1.54) is 5.56 Å². The molecule has 3 nitrogen and oxygen atoms in total. The molecule has 120 valence electrons. The number of carbonyl (C=O) groups is 1. The fourth-order valence-electron chi connectivity index (χ4n) is 2.06. The lowest BCUT2D eigenvalue weighted by atomic mass is 10.1. The van der Waals surface area contributed by atoms with Gasteiger partial charge in [0.25, 0.3) is 0 Å². The summed E-state index contributed by atoms with van der Waals surface area (Å²) >= 11 is 1.84. The van der Waals surface area contributed by atoms with Crippen molar-refractivity contribution in [1.29, 1.82) is 0 Å². The van der Waals surface area contributed by atoms with Gasteiger partial charge in [-0.05, 0) is 43.4 Å². The summed E-state index contributed by atoms with van der Waals surface area (Å²) in [6, 6.07) is 10.2. The van der Waals surface area contributed by atoms with E-state index in [9.17, 15) is 4.79 Å². The summed E-state index contributed by atoms with van der Waals surface area (Å²) in [6.07, 6.45) is 5.71. The molecule has 0 aliphatic heterocycles. The van der Waals surface area contributed by atoms with Gasteiger partial charge < -0.3 is 10.6 Å². The molecule has 0 aromatic heterocycles. The van der Waals surface area contributed by atoms with E-state index in [-0.39, 0.29) is 18.3 Å². The fourth-order valence-corrected chi connectivity index (χ4v) is 2.55. The van der Waals surface area contributed by atoms with Crippen LogP contribution in [0.2, 0.25) is 0 Å². The number of amides is 1. The predicted octanol–water partition coefficient (Wildman–Crippen LogP) is 3.32. The van der Waals surface area contributed by atoms with Gasteiger partial charge >= 0.3 is 0 Å². The van der Waals surface area contributed by atoms with Crippen molar-refractivity contribution in [2.24, 2.45) is 5.73 Å². The molecule has 1 aromatic rings. The Kier molecular flexibility index (Phi) is 12.5. The molecule has 0 radical (unpaired) electrons. The lowest BCUT2D eigenvalue weighted by molar-refractivity contribution is -0.132. The third-order valence-electron chi connectivity index (χ3n) is 3.19. The molecule has 0 fully saturated rings. The Balaban J connectivity index is 0.00000400. The molecule has 0 saturated heterocycles. The van der Waals surface area contributed by atoms with Gasteiger partial charge in [-0.3, -0.25) is 4.79 Å². The molecule has 5 heteroatoms. The number of rotatable bonds is 10. The molecular weight excluding hydrogens is 304 g/mol. The van der Waals surface area contributed by atoms with Gasteiger partial charge in [0.15, 0.2) is 0 Å². The van der Waals surface area contributed by atoms with Crippen LogP contribution >= 0.6 is 24.2 Å². The minimum Gasteiger partial charge on any atom is -0.338 e. The Labute approximate surface area is 139 Å². The van der Waals surface area contributed by atoms with Crippen molar-refractivity contribution in [2.45, 2.75) is 32.2 Å². The maximum Gasteiger partial charge on any atom is 0.222 e. The average Bonchev–Trinajstić information content (AvgIpc) is 2.48. The molecule has 1 amide bonds. The standard InChI is InChI=1S/C16H26N2OS.ClH/c1-20-13-6-5-10-16(19)18(12-7-11-17)14-15-8-3-2-4-9-15;/h2-4,8-9H,5-7,10-14,17H2,1H3;1H. The predicted molar refractivity (Wildman–Crippen MR) is 95.0 cm³/mol. The highest BCUT2D eigenvalue weighted by Gasteiger charge is 2.12. The van der Waals surface area contributed by atoms with E-state index in [0.717, 1.165) is 31.6 Å². The summed E-state index contributed by atoms with van der Waals surface area (Å²) in [7, 11) is 0. The molecule has 21 heavy (non-hydrogen) atoms. The number of nitrogens with zero attached hydrogens (tertiary/aromatic N) is 1. The highest BCUT2D eigenvalue weighted by atomic mass is 35.5. The molecule has 0 heterocycles. The molecule has 0 unspecified atom stereocenters. The SMILES string of the molecule is CSCCCCC(=O)N(CCCN)Cc1ccccc1.Cl. The van der Waals surface area contributed by atoms with Crippen molar-refractivity contribution < 1.29 is 4.79 Å². The maximum absolute atomic E-state index is 12.3. The van der Waals surface area contributed by atoms with Crippen LogP contribution in [-0.4, -0.2) is 35.9 Å². The van der Waals surface area contributed by atoms with Crippen LogP contribution in [0, 0.1) is 0 Å². The molecule has 1 aromatic carbocycles. The summed E-state index contributed by atoms with van der Waals surface area (Å²) in [4.78, 5) is 14.2. The third kappa shape index (κ3) is 9.02. The van der Waals surface area contributed by atoms with Gasteiger partial charge in [0, 0.05) is 19.5 Å². The molecule has 0 bridgehead atoms. The van der Waals surface area contributed by atoms with Crippen LogP contribution < -0.4 is 5.73 Å². The lowest BCUT2D eigenvalue weighted by Crippen LogP contribution is -2.32. The first kappa shape index (κ1) is 20.3. The Morgan fingerprint density at radius 1 is 1.19 bits per heavy atom. The number of hydrogen-bond donors (Lipinski definition) is 1. The van der Waals surface area contributed by atoms with Gasteiger partial charge in [0.1, 0.15) is 0 Å². The van der Waals surface area contributed by atoms with Crippen LogP contribution in [-0.2, 0) is 11.3 Å². The highest BCUT2D eigenvalue weighted by Crippen LogP contribution is 2.10. The smallest absolute Gasteiger partial charge is 0.222 e. The third-order valence-corrected chi connectivity index (χ3v) is 3.89. The Morgan fingerprint density at radius 2 is 1.90 bits per heavy atom. The van der Waals surface area contributed by atoms with Gasteiger partial charge in [0.05, 0.1) is 0 Å². The van der Waals surface area contributed by atoms with Crippen LogP contribution in [0.25, 0.3) is 0 Å². The van der Waals surface area contributed by atoms with Crippen LogP contribution in [0.5, 0.6) is 0 Å². The lowest BCUT2D eigenvalue weighted by Gasteiger charge is -2.22. The summed E-state index contributed by atoms with van der Waals surface area (Å²) < 4.78 is 0. The molecule has 0 saturated carbocycles. The van der Waals surface area contributed by atoms with Crippen LogP contribution in [0.4, 0.5) is 0 Å². The minimum atomic E-state index is 0. The molecular formula is C16H27ClN2OS. The molecule has 0 spiro atoms. The van der Waals surface area contributed by atoms with Crippen molar-refractivity contribution in [3.8, 4) is 0 Å². The molecule has 0 aliphatic rings. The van der Waals surface area contributed by atoms with E-state index >= 15 is 0 Å². The Bertz CT molecular complexity index is 376. The van der Waals surface area contributed by atoms with E-state index in [4.69, 9.17) is 5.73 Å². The summed E-state index contributed by atoms with van der Waals surface area (Å²) in [5.41, 5.74) is 6.75. The second kappa shape index (κ2) is 13.0. The number of unbranched alkanes of at least 4 members (excludes halogenated alkanes) is 1. The Hall–Kier alpha value is -0.710. The first-order valence-electron chi connectivity index (χ1n) is 7.28. The minimum absolute atomic E-state index is 0. The van der Waals surface area contributed by atoms with E-state index < -0.39 is 0 Å². The van der Waals surface area contributed by atoms with Gasteiger partial charge in [-0.2, -0.15) is 11.8 Å². The number of nitrogens with two attached hydrogens (primary N) is 1. The number of hydrogen-bond acceptors (Lipinski definition) is 3. The van der Waals surface area contributed by atoms with Crippen molar-refractivity contribution in [2.75, 3.05) is 25.1 Å². The van der Waals surface area contributed by atoms with Crippen molar-refractivity contribution >= 4 is 30.1 Å². The number of carbonyl (C=O) groups excluding carboxylic acids is 1. The van der Waals surface area contributed by atoms with Crippen LogP contribution in [0.3, 0.4) is 0 Å². The first-order valence-corrected chi connectivity index (χ1v) is 8.68. The Morgan fingerprint density at radius 3 is 2.52 bits per heavy atom. The average molecular weight is 331 g/mol. The van der Waals surface area contributed by atoms with Gasteiger partial charge in [-0.25, -0.2) is 0 Å². The zero-order valence-electron chi connectivity index (χ0n) is 12.8. The second-order valence-corrected chi connectivity index (χ2v) is 5.88. The number of halogens is 1. The zero-order valence-corrected chi connectivity index (χ0v) is 14.4. The fraction of sp³-hybridized carbons (Fsp3) is 0.562. The van der Waals surface area contributed by atoms with Crippen molar-refractivity contribution in [3.63, 3.8) is 0 Å². The summed E-state index contributed by atoms with van der Waals surface area (Å²) in [5, 5.41) is 0. The summed E-state index contributed by atoms with van der Waals surface area (Å²) in [5.74, 6) is 1.39. The topological polar surface area (TPSA) is 46.3 Å². The first-order chi connectivity index (χ1) is 9.77. The van der Waals surface area contributed by atoms with E-state index in [1.807, 2.05) is 34.9 Å². The van der Waals surface area contributed by atoms with E-state index in [1.54, 1.807) is 0 Å². The quantitative estimate of drug-likeness (QED) is 0.669. The van der Waals surface area contributed by atoms with E-state index in [0.29, 0.717) is 19.5 Å². The van der Waals surface area contributed by atoms with Gasteiger partial charge in [-0.1, -0.05) is 30.3 Å². The monoisotopic (exact) mass is 330 g/mol. The number of benzene rings is 1. The maximum atomic E-state index is 12.3.